The topological polar surface area (TPSA) is 66.6 Å². The number of halogens is 1. The lowest BCUT2D eigenvalue weighted by molar-refractivity contribution is -0.136. The van der Waals surface area contributed by atoms with E-state index in [0.29, 0.717) is 24.6 Å². The number of carbonyl (C=O) groups is 1. The molecule has 0 radical (unpaired) electrons. The first-order chi connectivity index (χ1) is 9.49. The standard InChI is InChI=1S/C15H21FN2O2/c1-10-6-8-18(9-7-10)15(20)13(17)14(19)11-2-4-12(16)5-3-11/h2-5,10,13-14,19H,6-9,17H2,1H3. The average molecular weight is 280 g/mol. The van der Waals surface area contributed by atoms with Crippen LogP contribution in [0.5, 0.6) is 0 Å². The molecular formula is C15H21FN2O2. The smallest absolute Gasteiger partial charge is 0.242 e. The Morgan fingerprint density at radius 3 is 2.45 bits per heavy atom. The summed E-state index contributed by atoms with van der Waals surface area (Å²) in [5, 5.41) is 10.1. The maximum atomic E-state index is 12.8. The van der Waals surface area contributed by atoms with Crippen molar-refractivity contribution in [3.05, 3.63) is 35.6 Å². The van der Waals surface area contributed by atoms with Gasteiger partial charge in [-0.05, 0) is 36.5 Å². The number of hydrogen-bond acceptors (Lipinski definition) is 3. The molecule has 2 atom stereocenters. The highest BCUT2D eigenvalue weighted by Gasteiger charge is 2.30. The summed E-state index contributed by atoms with van der Waals surface area (Å²) >= 11 is 0. The molecule has 1 aliphatic rings. The van der Waals surface area contributed by atoms with E-state index in [4.69, 9.17) is 5.73 Å². The van der Waals surface area contributed by atoms with E-state index in [0.717, 1.165) is 12.8 Å². The third kappa shape index (κ3) is 3.35. The van der Waals surface area contributed by atoms with Gasteiger partial charge in [-0.15, -0.1) is 0 Å². The number of hydrogen-bond donors (Lipinski definition) is 2. The highest BCUT2D eigenvalue weighted by Crippen LogP contribution is 2.21. The average Bonchev–Trinajstić information content (AvgIpc) is 2.46. The molecule has 1 aliphatic heterocycles. The molecule has 0 aromatic heterocycles. The number of aliphatic hydroxyl groups is 1. The second-order valence-electron chi connectivity index (χ2n) is 5.53. The van der Waals surface area contributed by atoms with Gasteiger partial charge in [0.15, 0.2) is 0 Å². The Hall–Kier alpha value is -1.46. The summed E-state index contributed by atoms with van der Waals surface area (Å²) in [4.78, 5) is 14.0. The number of piperidine rings is 1. The van der Waals surface area contributed by atoms with Crippen molar-refractivity contribution in [2.24, 2.45) is 11.7 Å². The molecule has 1 fully saturated rings. The number of amides is 1. The van der Waals surface area contributed by atoms with Gasteiger partial charge in [0, 0.05) is 13.1 Å². The van der Waals surface area contributed by atoms with Crippen LogP contribution in [0.2, 0.25) is 0 Å². The normalized spacial score (nSPS) is 19.7. The van der Waals surface area contributed by atoms with E-state index in [1.165, 1.54) is 24.3 Å². The van der Waals surface area contributed by atoms with Crippen molar-refractivity contribution in [3.8, 4) is 0 Å². The van der Waals surface area contributed by atoms with Crippen molar-refractivity contribution in [2.45, 2.75) is 31.9 Å². The van der Waals surface area contributed by atoms with Gasteiger partial charge < -0.3 is 15.7 Å². The maximum Gasteiger partial charge on any atom is 0.242 e. The summed E-state index contributed by atoms with van der Waals surface area (Å²) in [7, 11) is 0. The molecule has 2 rings (SSSR count). The molecule has 0 aliphatic carbocycles. The number of nitrogens with two attached hydrogens (primary N) is 1. The summed E-state index contributed by atoms with van der Waals surface area (Å²) in [6, 6.07) is 4.39. The monoisotopic (exact) mass is 280 g/mol. The summed E-state index contributed by atoms with van der Waals surface area (Å²) < 4.78 is 12.8. The van der Waals surface area contributed by atoms with Gasteiger partial charge in [-0.3, -0.25) is 4.79 Å². The maximum absolute atomic E-state index is 12.8. The Morgan fingerprint density at radius 2 is 1.90 bits per heavy atom. The van der Waals surface area contributed by atoms with Crippen LogP contribution in [0, 0.1) is 11.7 Å². The van der Waals surface area contributed by atoms with Gasteiger partial charge in [-0.2, -0.15) is 0 Å². The molecule has 1 amide bonds. The third-order valence-corrected chi connectivity index (χ3v) is 3.93. The minimum absolute atomic E-state index is 0.242. The molecule has 1 saturated heterocycles. The summed E-state index contributed by atoms with van der Waals surface area (Å²) in [6.07, 6.45) is 0.818. The molecule has 0 bridgehead atoms. The van der Waals surface area contributed by atoms with Gasteiger partial charge in [0.05, 0.1) is 0 Å². The first-order valence-electron chi connectivity index (χ1n) is 6.97. The Morgan fingerprint density at radius 1 is 1.35 bits per heavy atom. The lowest BCUT2D eigenvalue weighted by atomic mass is 9.97. The third-order valence-electron chi connectivity index (χ3n) is 3.93. The fourth-order valence-electron chi connectivity index (χ4n) is 2.44. The van der Waals surface area contributed by atoms with Crippen LogP contribution in [-0.4, -0.2) is 35.0 Å². The highest BCUT2D eigenvalue weighted by atomic mass is 19.1. The predicted octanol–water partition coefficient (Wildman–Crippen LogP) is 1.44. The molecule has 1 aromatic carbocycles. The molecule has 3 N–H and O–H groups in total. The molecule has 4 nitrogen and oxygen atoms in total. The Bertz CT molecular complexity index is 455. The zero-order valence-electron chi connectivity index (χ0n) is 11.6. The molecule has 1 heterocycles. The van der Waals surface area contributed by atoms with Crippen molar-refractivity contribution >= 4 is 5.91 Å². The number of carbonyl (C=O) groups excluding carboxylic acids is 1. The molecule has 0 saturated carbocycles. The zero-order chi connectivity index (χ0) is 14.7. The van der Waals surface area contributed by atoms with Gasteiger partial charge in [0.1, 0.15) is 18.0 Å². The Labute approximate surface area is 118 Å². The molecule has 1 aromatic rings. The van der Waals surface area contributed by atoms with Gasteiger partial charge in [-0.25, -0.2) is 4.39 Å². The van der Waals surface area contributed by atoms with Gasteiger partial charge >= 0.3 is 0 Å². The van der Waals surface area contributed by atoms with Crippen LogP contribution in [-0.2, 0) is 4.79 Å². The van der Waals surface area contributed by atoms with E-state index in [1.807, 2.05) is 0 Å². The van der Waals surface area contributed by atoms with Gasteiger partial charge in [-0.1, -0.05) is 19.1 Å². The number of nitrogens with zero attached hydrogens (tertiary/aromatic N) is 1. The molecular weight excluding hydrogens is 259 g/mol. The SMILES string of the molecule is CC1CCN(C(=O)C(N)C(O)c2ccc(F)cc2)CC1. The predicted molar refractivity (Wildman–Crippen MR) is 74.3 cm³/mol. The van der Waals surface area contributed by atoms with Gasteiger partial charge in [0.25, 0.3) is 0 Å². The van der Waals surface area contributed by atoms with Crippen LogP contribution in [0.3, 0.4) is 0 Å². The van der Waals surface area contributed by atoms with Crippen molar-refractivity contribution in [3.63, 3.8) is 0 Å². The minimum Gasteiger partial charge on any atom is -0.386 e. The summed E-state index contributed by atoms with van der Waals surface area (Å²) in [5.41, 5.74) is 6.32. The first kappa shape index (κ1) is 14.9. The van der Waals surface area contributed by atoms with Gasteiger partial charge in [0.2, 0.25) is 5.91 Å². The number of likely N-dealkylation sites (tertiary alicyclic amines) is 1. The quantitative estimate of drug-likeness (QED) is 0.880. The fraction of sp³-hybridized carbons (Fsp3) is 0.533. The summed E-state index contributed by atoms with van der Waals surface area (Å²) in [6.45, 7) is 3.53. The molecule has 20 heavy (non-hydrogen) atoms. The lowest BCUT2D eigenvalue weighted by Crippen LogP contribution is -2.49. The van der Waals surface area contributed by atoms with Crippen LogP contribution >= 0.6 is 0 Å². The molecule has 0 spiro atoms. The van der Waals surface area contributed by atoms with Crippen molar-refractivity contribution in [1.82, 2.24) is 4.90 Å². The number of aliphatic hydroxyl groups excluding tert-OH is 1. The van der Waals surface area contributed by atoms with E-state index in [2.05, 4.69) is 6.92 Å². The van der Waals surface area contributed by atoms with Crippen LogP contribution < -0.4 is 5.73 Å². The van der Waals surface area contributed by atoms with Crippen molar-refractivity contribution < 1.29 is 14.3 Å². The number of benzene rings is 1. The summed E-state index contributed by atoms with van der Waals surface area (Å²) in [5.74, 6) is -0.00288. The van der Waals surface area contributed by atoms with E-state index < -0.39 is 12.1 Å². The van der Waals surface area contributed by atoms with E-state index >= 15 is 0 Å². The van der Waals surface area contributed by atoms with E-state index in [-0.39, 0.29) is 11.7 Å². The first-order valence-corrected chi connectivity index (χ1v) is 6.97. The second kappa shape index (κ2) is 6.33. The Balaban J connectivity index is 2.00. The molecule has 2 unspecified atom stereocenters. The highest BCUT2D eigenvalue weighted by molar-refractivity contribution is 5.82. The van der Waals surface area contributed by atoms with Crippen LogP contribution in [0.25, 0.3) is 0 Å². The molecule has 110 valence electrons. The second-order valence-corrected chi connectivity index (χ2v) is 5.53. The minimum atomic E-state index is -1.11. The van der Waals surface area contributed by atoms with Crippen LogP contribution in [0.1, 0.15) is 31.4 Å². The van der Waals surface area contributed by atoms with Crippen molar-refractivity contribution in [1.29, 1.82) is 0 Å². The van der Waals surface area contributed by atoms with Crippen LogP contribution in [0.15, 0.2) is 24.3 Å². The number of rotatable bonds is 3. The molecule has 5 heteroatoms. The zero-order valence-corrected chi connectivity index (χ0v) is 11.6. The van der Waals surface area contributed by atoms with E-state index in [1.54, 1.807) is 4.90 Å². The van der Waals surface area contributed by atoms with Crippen molar-refractivity contribution in [2.75, 3.05) is 13.1 Å². The van der Waals surface area contributed by atoms with Crippen LogP contribution in [0.4, 0.5) is 4.39 Å². The largest absolute Gasteiger partial charge is 0.386 e. The van der Waals surface area contributed by atoms with E-state index in [9.17, 15) is 14.3 Å². The Kier molecular flexibility index (Phi) is 4.73. The fourth-order valence-corrected chi connectivity index (χ4v) is 2.44. The lowest BCUT2D eigenvalue weighted by Gasteiger charge is -2.33.